The summed E-state index contributed by atoms with van der Waals surface area (Å²) in [5.41, 5.74) is 0.0241. The molecular weight excluding hydrogens is 357 g/mol. The summed E-state index contributed by atoms with van der Waals surface area (Å²) in [6.45, 7) is 0. The van der Waals surface area contributed by atoms with Crippen LogP contribution in [0.3, 0.4) is 0 Å². The van der Waals surface area contributed by atoms with E-state index in [2.05, 4.69) is 4.72 Å². The van der Waals surface area contributed by atoms with Crippen molar-refractivity contribution in [2.24, 2.45) is 0 Å². The van der Waals surface area contributed by atoms with Crippen LogP contribution in [0.4, 0.5) is 5.69 Å². The van der Waals surface area contributed by atoms with Crippen LogP contribution in [0, 0.1) is 0 Å². The molecule has 0 saturated carbocycles. The standard InChI is InChI=1S/C13H8Cl3NO3S/c14-8-1-4-10(5-2-8)21(19,20)17-12-6-3-9(15)7-11(12)13(16)18/h1-7,17H. The van der Waals surface area contributed by atoms with Gasteiger partial charge >= 0.3 is 0 Å². The summed E-state index contributed by atoms with van der Waals surface area (Å²) >= 11 is 16.9. The average Bonchev–Trinajstić information content (AvgIpc) is 2.41. The van der Waals surface area contributed by atoms with Crippen molar-refractivity contribution < 1.29 is 13.2 Å². The zero-order chi connectivity index (χ0) is 15.6. The SMILES string of the molecule is O=C(Cl)c1cc(Cl)ccc1NS(=O)(=O)c1ccc(Cl)cc1. The van der Waals surface area contributed by atoms with E-state index in [9.17, 15) is 13.2 Å². The average molecular weight is 365 g/mol. The van der Waals surface area contributed by atoms with Crippen molar-refractivity contribution >= 4 is 55.8 Å². The lowest BCUT2D eigenvalue weighted by Crippen LogP contribution is -2.14. The molecule has 0 fully saturated rings. The topological polar surface area (TPSA) is 63.2 Å². The van der Waals surface area contributed by atoms with E-state index in [1.54, 1.807) is 0 Å². The van der Waals surface area contributed by atoms with E-state index in [1.807, 2.05) is 0 Å². The predicted molar refractivity (Wildman–Crippen MR) is 83.9 cm³/mol. The lowest BCUT2D eigenvalue weighted by Gasteiger charge is -2.11. The van der Waals surface area contributed by atoms with Gasteiger partial charge < -0.3 is 0 Å². The Morgan fingerprint density at radius 3 is 2.10 bits per heavy atom. The van der Waals surface area contributed by atoms with Crippen LogP contribution < -0.4 is 4.72 Å². The number of nitrogens with one attached hydrogen (secondary N) is 1. The number of halogens is 3. The van der Waals surface area contributed by atoms with Crippen LogP contribution in [0.5, 0.6) is 0 Å². The summed E-state index contributed by atoms with van der Waals surface area (Å²) in [4.78, 5) is 11.3. The van der Waals surface area contributed by atoms with Gasteiger partial charge in [0.1, 0.15) is 0 Å². The number of benzene rings is 2. The van der Waals surface area contributed by atoms with E-state index >= 15 is 0 Å². The largest absolute Gasteiger partial charge is 0.279 e. The first-order valence-corrected chi connectivity index (χ1v) is 8.19. The van der Waals surface area contributed by atoms with Gasteiger partial charge in [0.25, 0.3) is 15.3 Å². The summed E-state index contributed by atoms with van der Waals surface area (Å²) in [7, 11) is -3.86. The van der Waals surface area contributed by atoms with E-state index in [1.165, 1.54) is 42.5 Å². The maximum Gasteiger partial charge on any atom is 0.261 e. The molecule has 0 unspecified atom stereocenters. The Hall–Kier alpha value is -1.27. The first-order valence-electron chi connectivity index (χ1n) is 5.57. The first-order chi connectivity index (χ1) is 9.79. The minimum absolute atomic E-state index is 0.00909. The van der Waals surface area contributed by atoms with Gasteiger partial charge in [0.15, 0.2) is 0 Å². The fraction of sp³-hybridized carbons (Fsp3) is 0. The molecule has 2 aromatic carbocycles. The van der Waals surface area contributed by atoms with Crippen LogP contribution in [-0.2, 0) is 10.0 Å². The molecule has 2 aromatic rings. The lowest BCUT2D eigenvalue weighted by molar-refractivity contribution is 0.108. The second-order valence-corrected chi connectivity index (χ2v) is 6.92. The monoisotopic (exact) mass is 363 g/mol. The quantitative estimate of drug-likeness (QED) is 0.828. The molecule has 2 rings (SSSR count). The third kappa shape index (κ3) is 3.89. The Labute approximate surface area is 136 Å². The Morgan fingerprint density at radius 2 is 1.52 bits per heavy atom. The number of carbonyl (C=O) groups excluding carboxylic acids is 1. The van der Waals surface area contributed by atoms with Crippen LogP contribution in [0.2, 0.25) is 10.0 Å². The summed E-state index contributed by atoms with van der Waals surface area (Å²) in [6.07, 6.45) is 0. The normalized spacial score (nSPS) is 11.2. The van der Waals surface area contributed by atoms with Crippen molar-refractivity contribution in [3.8, 4) is 0 Å². The smallest absolute Gasteiger partial charge is 0.261 e. The van der Waals surface area contributed by atoms with Crippen LogP contribution in [0.1, 0.15) is 10.4 Å². The van der Waals surface area contributed by atoms with Gasteiger partial charge in [-0.1, -0.05) is 23.2 Å². The minimum atomic E-state index is -3.86. The number of rotatable bonds is 4. The van der Waals surface area contributed by atoms with Gasteiger partial charge in [-0.2, -0.15) is 0 Å². The van der Waals surface area contributed by atoms with Gasteiger partial charge in [0.05, 0.1) is 16.1 Å². The molecule has 0 spiro atoms. The van der Waals surface area contributed by atoms with Crippen LogP contribution in [0.15, 0.2) is 47.4 Å². The molecule has 0 radical (unpaired) electrons. The van der Waals surface area contributed by atoms with E-state index < -0.39 is 15.3 Å². The fourth-order valence-corrected chi connectivity index (χ4v) is 3.12. The third-order valence-electron chi connectivity index (χ3n) is 2.56. The lowest BCUT2D eigenvalue weighted by atomic mass is 10.2. The summed E-state index contributed by atoms with van der Waals surface area (Å²) in [6, 6.07) is 9.70. The van der Waals surface area contributed by atoms with Crippen LogP contribution in [-0.4, -0.2) is 13.7 Å². The highest BCUT2D eigenvalue weighted by Gasteiger charge is 2.18. The molecule has 0 amide bonds. The molecule has 0 aliphatic carbocycles. The second kappa shape index (κ2) is 6.23. The van der Waals surface area contributed by atoms with Crippen molar-refractivity contribution in [2.75, 3.05) is 4.72 Å². The molecule has 1 N–H and O–H groups in total. The van der Waals surface area contributed by atoms with Gasteiger partial charge in [-0.3, -0.25) is 9.52 Å². The van der Waals surface area contributed by atoms with Crippen LogP contribution >= 0.6 is 34.8 Å². The highest BCUT2D eigenvalue weighted by molar-refractivity contribution is 7.92. The van der Waals surface area contributed by atoms with Crippen molar-refractivity contribution in [2.45, 2.75) is 4.90 Å². The molecule has 0 heterocycles. The Bertz CT molecular complexity index is 789. The molecule has 4 nitrogen and oxygen atoms in total. The minimum Gasteiger partial charge on any atom is -0.279 e. The van der Waals surface area contributed by atoms with Crippen molar-refractivity contribution in [1.82, 2.24) is 0 Å². The van der Waals surface area contributed by atoms with Gasteiger partial charge in [-0.15, -0.1) is 0 Å². The number of carbonyl (C=O) groups is 1. The molecule has 0 bridgehead atoms. The maximum absolute atomic E-state index is 12.2. The van der Waals surface area contributed by atoms with E-state index in [4.69, 9.17) is 34.8 Å². The van der Waals surface area contributed by atoms with Crippen molar-refractivity contribution in [3.63, 3.8) is 0 Å². The highest BCUT2D eigenvalue weighted by atomic mass is 35.5. The fourth-order valence-electron chi connectivity index (χ4n) is 1.59. The molecule has 0 aliphatic rings. The third-order valence-corrected chi connectivity index (χ3v) is 4.63. The second-order valence-electron chi connectivity index (χ2n) is 4.02. The Morgan fingerprint density at radius 1 is 0.952 bits per heavy atom. The summed E-state index contributed by atoms with van der Waals surface area (Å²) in [5.74, 6) is 0. The molecule has 0 aliphatic heterocycles. The highest BCUT2D eigenvalue weighted by Crippen LogP contribution is 2.25. The zero-order valence-electron chi connectivity index (χ0n) is 10.3. The van der Waals surface area contributed by atoms with Gasteiger partial charge in [-0.05, 0) is 54.1 Å². The van der Waals surface area contributed by atoms with Gasteiger partial charge in [-0.25, -0.2) is 8.42 Å². The van der Waals surface area contributed by atoms with Crippen molar-refractivity contribution in [3.05, 3.63) is 58.1 Å². The van der Waals surface area contributed by atoms with E-state index in [-0.39, 0.29) is 21.2 Å². The van der Waals surface area contributed by atoms with E-state index in [0.717, 1.165) is 0 Å². The summed E-state index contributed by atoms with van der Waals surface area (Å²) in [5, 5.41) is -0.128. The number of hydrogen-bond acceptors (Lipinski definition) is 3. The molecule has 21 heavy (non-hydrogen) atoms. The Kier molecular flexibility index (Phi) is 4.78. The predicted octanol–water partition coefficient (Wildman–Crippen LogP) is 4.17. The molecule has 110 valence electrons. The molecule has 0 saturated heterocycles. The van der Waals surface area contributed by atoms with E-state index in [0.29, 0.717) is 5.02 Å². The van der Waals surface area contributed by atoms with Gasteiger partial charge in [0, 0.05) is 10.0 Å². The zero-order valence-corrected chi connectivity index (χ0v) is 13.4. The number of sulfonamides is 1. The summed E-state index contributed by atoms with van der Waals surface area (Å²) < 4.78 is 26.8. The molecular formula is C13H8Cl3NO3S. The number of anilines is 1. The molecule has 0 aromatic heterocycles. The molecule has 0 atom stereocenters. The maximum atomic E-state index is 12.2. The first kappa shape index (κ1) is 16.1. The molecule has 8 heteroatoms. The van der Waals surface area contributed by atoms with Crippen molar-refractivity contribution in [1.29, 1.82) is 0 Å². The Balaban J connectivity index is 2.41. The van der Waals surface area contributed by atoms with Crippen LogP contribution in [0.25, 0.3) is 0 Å². The number of hydrogen-bond donors (Lipinski definition) is 1. The van der Waals surface area contributed by atoms with Gasteiger partial charge in [0.2, 0.25) is 0 Å².